The van der Waals surface area contributed by atoms with Crippen molar-refractivity contribution in [3.05, 3.63) is 22.0 Å². The molecule has 0 atom stereocenters. The van der Waals surface area contributed by atoms with E-state index in [9.17, 15) is 0 Å². The predicted octanol–water partition coefficient (Wildman–Crippen LogP) is 3.56. The maximum Gasteiger partial charge on any atom is 0.0202 e. The molecular weight excluding hydrogens is 180 g/mol. The average Bonchev–Trinajstić information content (AvgIpc) is 2.21. The standard InChI is InChI=1S/C7H8S3/c1-5-3-7-4-6(2)9-10(7)8-5/h3-4H,1-2H3. The van der Waals surface area contributed by atoms with Gasteiger partial charge in [0.1, 0.15) is 0 Å². The Kier molecular flexibility index (Phi) is 1.74. The molecule has 0 spiro atoms. The van der Waals surface area contributed by atoms with Gasteiger partial charge < -0.3 is 0 Å². The van der Waals surface area contributed by atoms with E-state index in [0.29, 0.717) is 8.55 Å². The van der Waals surface area contributed by atoms with Crippen LogP contribution in [-0.4, -0.2) is 4.86 Å². The van der Waals surface area contributed by atoms with E-state index in [1.165, 1.54) is 14.7 Å². The molecule has 0 nitrogen and oxygen atoms in total. The molecule has 10 heavy (non-hydrogen) atoms. The lowest BCUT2D eigenvalue weighted by Gasteiger charge is -1.96. The molecule has 0 aromatic rings. The van der Waals surface area contributed by atoms with Gasteiger partial charge in [-0.25, -0.2) is 0 Å². The molecule has 0 saturated heterocycles. The van der Waals surface area contributed by atoms with Crippen molar-refractivity contribution in [2.75, 3.05) is 0 Å². The third kappa shape index (κ3) is 1.11. The summed E-state index contributed by atoms with van der Waals surface area (Å²) in [5, 5.41) is 0. The molecule has 0 radical (unpaired) electrons. The SMILES string of the molecule is CC1=CC2=S(S1)SC(C)=C2. The first-order valence-corrected chi connectivity index (χ1v) is 6.99. The number of hydrogen-bond acceptors (Lipinski definition) is 2. The van der Waals surface area contributed by atoms with Gasteiger partial charge >= 0.3 is 0 Å². The molecule has 2 rings (SSSR count). The van der Waals surface area contributed by atoms with Crippen molar-refractivity contribution in [1.29, 1.82) is 0 Å². The lowest BCUT2D eigenvalue weighted by atomic mass is 10.3. The Morgan fingerprint density at radius 2 is 1.60 bits per heavy atom. The van der Waals surface area contributed by atoms with Crippen LogP contribution >= 0.6 is 30.1 Å². The quantitative estimate of drug-likeness (QED) is 0.421. The zero-order valence-corrected chi connectivity index (χ0v) is 8.33. The van der Waals surface area contributed by atoms with Gasteiger partial charge in [0.25, 0.3) is 0 Å². The van der Waals surface area contributed by atoms with Gasteiger partial charge in [-0.1, -0.05) is 30.1 Å². The molecule has 0 unspecified atom stereocenters. The number of hydrogen-bond donors (Lipinski definition) is 0. The minimum absolute atomic E-state index is 0.437. The normalized spacial score (nSPS) is 24.8. The molecule has 0 N–H and O–H groups in total. The fourth-order valence-corrected chi connectivity index (χ4v) is 7.90. The molecule has 0 bridgehead atoms. The maximum absolute atomic E-state index is 2.30. The Hall–Kier alpha value is 0.400. The first kappa shape index (κ1) is 7.07. The van der Waals surface area contributed by atoms with Gasteiger partial charge in [-0.15, -0.1) is 0 Å². The number of allylic oxidation sites excluding steroid dienone is 4. The molecule has 0 aromatic carbocycles. The van der Waals surface area contributed by atoms with E-state index in [1.54, 1.807) is 0 Å². The first-order valence-electron chi connectivity index (χ1n) is 3.10. The van der Waals surface area contributed by atoms with E-state index in [1.807, 2.05) is 21.6 Å². The largest absolute Gasteiger partial charge is 0.0573 e. The van der Waals surface area contributed by atoms with Gasteiger partial charge in [-0.2, -0.15) is 0 Å². The molecule has 3 heteroatoms. The topological polar surface area (TPSA) is 0 Å². The minimum Gasteiger partial charge on any atom is -0.0573 e. The summed E-state index contributed by atoms with van der Waals surface area (Å²) < 4.78 is 0. The van der Waals surface area contributed by atoms with Gasteiger partial charge in [0.05, 0.1) is 0 Å². The highest BCUT2D eigenvalue weighted by molar-refractivity contribution is 9.17. The van der Waals surface area contributed by atoms with Crippen molar-refractivity contribution in [3.8, 4) is 0 Å². The van der Waals surface area contributed by atoms with Crippen LogP contribution in [0.1, 0.15) is 13.8 Å². The fourth-order valence-electron chi connectivity index (χ4n) is 0.939. The van der Waals surface area contributed by atoms with Crippen LogP contribution in [0.5, 0.6) is 0 Å². The summed E-state index contributed by atoms with van der Waals surface area (Å²) in [5.41, 5.74) is 0. The Balaban J connectivity index is 2.33. The summed E-state index contributed by atoms with van der Waals surface area (Å²) in [7, 11) is 4.44. The average molecular weight is 188 g/mol. The van der Waals surface area contributed by atoms with Crippen LogP contribution in [0.2, 0.25) is 0 Å². The Morgan fingerprint density at radius 3 is 2.00 bits per heavy atom. The molecule has 0 saturated carbocycles. The van der Waals surface area contributed by atoms with Crippen LogP contribution in [0.25, 0.3) is 0 Å². The highest BCUT2D eigenvalue weighted by Crippen LogP contribution is 2.58. The monoisotopic (exact) mass is 188 g/mol. The Labute approximate surface area is 70.9 Å². The molecule has 0 fully saturated rings. The van der Waals surface area contributed by atoms with Crippen molar-refractivity contribution in [3.63, 3.8) is 0 Å². The van der Waals surface area contributed by atoms with E-state index in [0.717, 1.165) is 0 Å². The minimum atomic E-state index is 0.437. The van der Waals surface area contributed by atoms with E-state index in [-0.39, 0.29) is 0 Å². The molecule has 54 valence electrons. The van der Waals surface area contributed by atoms with Crippen LogP contribution in [0.15, 0.2) is 22.0 Å². The maximum atomic E-state index is 2.30. The third-order valence-corrected chi connectivity index (χ3v) is 7.85. The second-order valence-corrected chi connectivity index (χ2v) is 8.51. The molecular formula is C7H8S3. The van der Waals surface area contributed by atoms with E-state index < -0.39 is 0 Å². The van der Waals surface area contributed by atoms with E-state index >= 15 is 0 Å². The highest BCUT2D eigenvalue weighted by atomic mass is 33.5. The highest BCUT2D eigenvalue weighted by Gasteiger charge is 2.17. The van der Waals surface area contributed by atoms with Crippen molar-refractivity contribution in [2.24, 2.45) is 0 Å². The van der Waals surface area contributed by atoms with Gasteiger partial charge in [-0.05, 0) is 35.8 Å². The summed E-state index contributed by atoms with van der Waals surface area (Å²) in [6.45, 7) is 4.37. The van der Waals surface area contributed by atoms with E-state index in [2.05, 4.69) is 26.0 Å². The van der Waals surface area contributed by atoms with Crippen LogP contribution in [0.3, 0.4) is 0 Å². The second kappa shape index (κ2) is 2.47. The van der Waals surface area contributed by atoms with Crippen LogP contribution in [0.4, 0.5) is 0 Å². The lowest BCUT2D eigenvalue weighted by Crippen LogP contribution is -1.77. The zero-order chi connectivity index (χ0) is 7.14. The van der Waals surface area contributed by atoms with Crippen LogP contribution < -0.4 is 0 Å². The molecule has 0 amide bonds. The molecule has 0 aliphatic carbocycles. The summed E-state index contributed by atoms with van der Waals surface area (Å²) in [6, 6.07) is 0. The summed E-state index contributed by atoms with van der Waals surface area (Å²) in [4.78, 5) is 4.47. The molecule has 2 aliphatic heterocycles. The lowest BCUT2D eigenvalue weighted by molar-refractivity contribution is 1.70. The van der Waals surface area contributed by atoms with Crippen molar-refractivity contribution in [2.45, 2.75) is 13.8 Å². The smallest absolute Gasteiger partial charge is 0.0202 e. The molecule has 2 heterocycles. The summed E-state index contributed by atoms with van der Waals surface area (Å²) in [5.74, 6) is 0. The summed E-state index contributed by atoms with van der Waals surface area (Å²) >= 11 is 0. The first-order chi connectivity index (χ1) is 4.75. The van der Waals surface area contributed by atoms with Gasteiger partial charge in [-0.3, -0.25) is 0 Å². The number of rotatable bonds is 0. The third-order valence-electron chi connectivity index (χ3n) is 1.30. The van der Waals surface area contributed by atoms with Gasteiger partial charge in [0.2, 0.25) is 0 Å². The van der Waals surface area contributed by atoms with Crippen molar-refractivity contribution < 1.29 is 0 Å². The van der Waals surface area contributed by atoms with Gasteiger partial charge in [0, 0.05) is 4.86 Å². The van der Waals surface area contributed by atoms with Crippen molar-refractivity contribution in [1.82, 2.24) is 0 Å². The Bertz CT molecular complexity index is 245. The molecule has 2 aliphatic rings. The second-order valence-electron chi connectivity index (χ2n) is 2.31. The zero-order valence-electron chi connectivity index (χ0n) is 5.88. The van der Waals surface area contributed by atoms with Crippen LogP contribution in [0, 0.1) is 0 Å². The van der Waals surface area contributed by atoms with E-state index in [4.69, 9.17) is 0 Å². The Morgan fingerprint density at radius 1 is 1.10 bits per heavy atom. The molecule has 0 aromatic heterocycles. The fraction of sp³-hybridized carbons (Fsp3) is 0.286. The summed E-state index contributed by atoms with van der Waals surface area (Å²) in [6.07, 6.45) is 4.61. The van der Waals surface area contributed by atoms with Gasteiger partial charge in [0.15, 0.2) is 0 Å². The predicted molar refractivity (Wildman–Crippen MR) is 55.3 cm³/mol. The van der Waals surface area contributed by atoms with Crippen LogP contribution in [-0.2, 0) is 0 Å². The van der Waals surface area contributed by atoms with Crippen molar-refractivity contribution >= 4 is 35.0 Å².